The molecule has 0 aliphatic heterocycles. The largest absolute Gasteiger partial charge is 0.480 e. The molecule has 0 aromatic heterocycles. The maximum absolute atomic E-state index is 13.6. The highest BCUT2D eigenvalue weighted by atomic mass is 16.4. The molecule has 0 heterocycles. The van der Waals surface area contributed by atoms with Crippen LogP contribution < -0.4 is 49.5 Å². The van der Waals surface area contributed by atoms with Crippen LogP contribution in [0.2, 0.25) is 0 Å². The molecule has 1 aromatic carbocycles. The number of nitrogens with two attached hydrogens (primary N) is 4. The van der Waals surface area contributed by atoms with Gasteiger partial charge in [0, 0.05) is 6.42 Å². The van der Waals surface area contributed by atoms with Gasteiger partial charge in [0.2, 0.25) is 29.5 Å². The van der Waals surface area contributed by atoms with Gasteiger partial charge in [-0.15, -0.1) is 0 Å². The lowest BCUT2D eigenvalue weighted by atomic mass is 10.0. The van der Waals surface area contributed by atoms with E-state index in [1.807, 2.05) is 0 Å². The maximum Gasteiger partial charge on any atom is 0.328 e. The van der Waals surface area contributed by atoms with Crippen LogP contribution in [0.5, 0.6) is 0 Å². The van der Waals surface area contributed by atoms with E-state index in [0.717, 1.165) is 6.92 Å². The highest BCUT2D eigenvalue weighted by molar-refractivity contribution is 5.96. The van der Waals surface area contributed by atoms with E-state index >= 15 is 0 Å². The summed E-state index contributed by atoms with van der Waals surface area (Å²) < 4.78 is 0. The Balaban J connectivity index is 3.26. The zero-order valence-electron chi connectivity index (χ0n) is 27.3. The summed E-state index contributed by atoms with van der Waals surface area (Å²) in [7, 11) is 0. The molecule has 18 nitrogen and oxygen atoms in total. The Bertz CT molecular complexity index is 1200. The molecule has 48 heavy (non-hydrogen) atoms. The normalized spacial score (nSPS) is 16.1. The van der Waals surface area contributed by atoms with Crippen molar-refractivity contribution in [2.24, 2.45) is 22.9 Å². The second kappa shape index (κ2) is 21.6. The SMILES string of the molecule is C[C@@H](O)[C@H](NC(=O)[C@H](CCN)NC(=O)[C@@H](NC(=O)[C@@H](Cc1ccccc1)NC(=O)[C@H](CCCN)NC(=O)[C@@H](N)CCN)[C@@H](C)O)C(=O)O. The highest BCUT2D eigenvalue weighted by Crippen LogP contribution is 2.08. The van der Waals surface area contributed by atoms with Crippen molar-refractivity contribution in [2.75, 3.05) is 19.6 Å². The maximum atomic E-state index is 13.6. The third-order valence-electron chi connectivity index (χ3n) is 7.26. The molecule has 270 valence electrons. The molecule has 0 aliphatic carbocycles. The molecular formula is C30H51N9O9. The minimum Gasteiger partial charge on any atom is -0.480 e. The third kappa shape index (κ3) is 14.3. The minimum absolute atomic E-state index is 0.0507. The Labute approximate surface area is 279 Å². The molecular weight excluding hydrogens is 630 g/mol. The summed E-state index contributed by atoms with van der Waals surface area (Å²) in [5.41, 5.74) is 23.2. The summed E-state index contributed by atoms with van der Waals surface area (Å²) in [6.07, 6.45) is -2.52. The Hall–Kier alpha value is -4.20. The predicted molar refractivity (Wildman–Crippen MR) is 174 cm³/mol. The first-order chi connectivity index (χ1) is 22.7. The Morgan fingerprint density at radius 2 is 1.10 bits per heavy atom. The summed E-state index contributed by atoms with van der Waals surface area (Å²) in [4.78, 5) is 77.2. The van der Waals surface area contributed by atoms with Crippen molar-refractivity contribution in [1.82, 2.24) is 26.6 Å². The van der Waals surface area contributed by atoms with Gasteiger partial charge in [-0.05, 0) is 64.7 Å². The summed E-state index contributed by atoms with van der Waals surface area (Å²) in [5, 5.41) is 41.5. The van der Waals surface area contributed by atoms with E-state index < -0.39 is 84.0 Å². The zero-order valence-corrected chi connectivity index (χ0v) is 27.3. The van der Waals surface area contributed by atoms with Crippen molar-refractivity contribution in [3.63, 3.8) is 0 Å². The molecule has 0 unspecified atom stereocenters. The number of carbonyl (C=O) groups excluding carboxylic acids is 5. The number of hydrogen-bond donors (Lipinski definition) is 12. The fourth-order valence-electron chi connectivity index (χ4n) is 4.51. The van der Waals surface area contributed by atoms with Crippen LogP contribution in [0.1, 0.15) is 45.1 Å². The highest BCUT2D eigenvalue weighted by Gasteiger charge is 2.35. The van der Waals surface area contributed by atoms with E-state index in [2.05, 4.69) is 26.6 Å². The first-order valence-electron chi connectivity index (χ1n) is 15.7. The second-order valence-corrected chi connectivity index (χ2v) is 11.4. The average Bonchev–Trinajstić information content (AvgIpc) is 3.03. The molecule has 0 radical (unpaired) electrons. The summed E-state index contributed by atoms with van der Waals surface area (Å²) >= 11 is 0. The Morgan fingerprint density at radius 3 is 1.62 bits per heavy atom. The molecule has 18 heteroatoms. The summed E-state index contributed by atoms with van der Waals surface area (Å²) in [6, 6.07) is 0.496. The number of aliphatic carboxylic acids is 1. The molecule has 0 saturated heterocycles. The molecule has 8 atom stereocenters. The number of amides is 5. The third-order valence-corrected chi connectivity index (χ3v) is 7.26. The van der Waals surface area contributed by atoms with Gasteiger partial charge >= 0.3 is 5.97 Å². The first kappa shape index (κ1) is 41.8. The fraction of sp³-hybridized carbons (Fsp3) is 0.600. The predicted octanol–water partition coefficient (Wildman–Crippen LogP) is -4.74. The van der Waals surface area contributed by atoms with Crippen molar-refractivity contribution in [3.05, 3.63) is 35.9 Å². The van der Waals surface area contributed by atoms with Crippen LogP contribution in [0.25, 0.3) is 0 Å². The lowest BCUT2D eigenvalue weighted by Crippen LogP contribution is -2.62. The van der Waals surface area contributed by atoms with Gasteiger partial charge in [0.25, 0.3) is 0 Å². The van der Waals surface area contributed by atoms with Crippen LogP contribution >= 0.6 is 0 Å². The molecule has 1 rings (SSSR count). The monoisotopic (exact) mass is 681 g/mol. The van der Waals surface area contributed by atoms with Crippen LogP contribution in [0.4, 0.5) is 0 Å². The number of rotatable bonds is 22. The van der Waals surface area contributed by atoms with Gasteiger partial charge < -0.3 is 64.8 Å². The molecule has 0 fully saturated rings. The van der Waals surface area contributed by atoms with E-state index in [9.17, 15) is 44.1 Å². The van der Waals surface area contributed by atoms with Crippen LogP contribution in [0, 0.1) is 0 Å². The van der Waals surface area contributed by atoms with Gasteiger partial charge in [0.1, 0.15) is 24.2 Å². The topological polar surface area (TPSA) is 327 Å². The molecule has 0 aliphatic rings. The second-order valence-electron chi connectivity index (χ2n) is 11.4. The Kier molecular flexibility index (Phi) is 18.8. The van der Waals surface area contributed by atoms with Gasteiger partial charge in [0.15, 0.2) is 6.04 Å². The molecule has 5 amide bonds. The summed E-state index contributed by atoms with van der Waals surface area (Å²) in [6.45, 7) is 2.62. The molecule has 1 aromatic rings. The quantitative estimate of drug-likeness (QED) is 0.0548. The number of carbonyl (C=O) groups is 6. The van der Waals surface area contributed by atoms with E-state index in [4.69, 9.17) is 22.9 Å². The van der Waals surface area contributed by atoms with Gasteiger partial charge in [0.05, 0.1) is 18.2 Å². The lowest BCUT2D eigenvalue weighted by molar-refractivity contribution is -0.145. The summed E-state index contributed by atoms with van der Waals surface area (Å²) in [5.74, 6) is -5.72. The standard InChI is InChI=1S/C30H51N9O9/c1-16(40)23(29(46)36-21(11-14-33)27(44)39-24(17(2)41)30(47)48)38-28(45)22(15-18-7-4-3-5-8-18)37-26(43)20(9-6-12-31)35-25(42)19(34)10-13-32/h3-5,7-8,16-17,19-24,40-41H,6,9-15,31-34H2,1-2H3,(H,35,42)(H,36,46)(H,37,43)(H,38,45)(H,39,44)(H,47,48)/t16-,17-,19+,20+,21+,22-,23+,24+/m1/s1. The Morgan fingerprint density at radius 1 is 0.625 bits per heavy atom. The number of nitrogens with one attached hydrogen (secondary N) is 5. The van der Waals surface area contributed by atoms with E-state index in [-0.39, 0.29) is 45.3 Å². The average molecular weight is 682 g/mol. The van der Waals surface area contributed by atoms with Crippen molar-refractivity contribution in [1.29, 1.82) is 0 Å². The first-order valence-corrected chi connectivity index (χ1v) is 15.7. The van der Waals surface area contributed by atoms with Gasteiger partial charge in [-0.3, -0.25) is 24.0 Å². The van der Waals surface area contributed by atoms with Crippen LogP contribution in [0.3, 0.4) is 0 Å². The zero-order chi connectivity index (χ0) is 36.4. The molecule has 0 spiro atoms. The fourth-order valence-corrected chi connectivity index (χ4v) is 4.51. The van der Waals surface area contributed by atoms with Crippen LogP contribution in [-0.4, -0.2) is 119 Å². The molecule has 16 N–H and O–H groups in total. The smallest absolute Gasteiger partial charge is 0.328 e. The molecule has 0 saturated carbocycles. The van der Waals surface area contributed by atoms with E-state index in [1.54, 1.807) is 30.3 Å². The van der Waals surface area contributed by atoms with E-state index in [1.165, 1.54) is 6.92 Å². The number of benzene rings is 1. The minimum atomic E-state index is -1.68. The number of carboxylic acid groups (broad SMARTS) is 1. The van der Waals surface area contributed by atoms with Crippen LogP contribution in [0.15, 0.2) is 30.3 Å². The van der Waals surface area contributed by atoms with Crippen molar-refractivity contribution in [3.8, 4) is 0 Å². The number of aliphatic hydroxyl groups excluding tert-OH is 2. The van der Waals surface area contributed by atoms with Crippen LogP contribution in [-0.2, 0) is 35.2 Å². The van der Waals surface area contributed by atoms with Gasteiger partial charge in [-0.2, -0.15) is 0 Å². The van der Waals surface area contributed by atoms with Gasteiger partial charge in [-0.1, -0.05) is 30.3 Å². The van der Waals surface area contributed by atoms with Crippen molar-refractivity contribution < 1.29 is 44.1 Å². The van der Waals surface area contributed by atoms with Gasteiger partial charge in [-0.25, -0.2) is 4.79 Å². The number of hydrogen-bond acceptors (Lipinski definition) is 12. The number of carboxylic acids is 1. The number of aliphatic hydroxyl groups is 2. The van der Waals surface area contributed by atoms with Crippen molar-refractivity contribution in [2.45, 2.75) is 94.4 Å². The lowest BCUT2D eigenvalue weighted by Gasteiger charge is -2.28. The van der Waals surface area contributed by atoms with E-state index in [0.29, 0.717) is 12.0 Å². The molecule has 0 bridgehead atoms. The van der Waals surface area contributed by atoms with Crippen molar-refractivity contribution >= 4 is 35.5 Å².